The van der Waals surface area contributed by atoms with Gasteiger partial charge >= 0.3 is 0 Å². The second-order valence-electron chi connectivity index (χ2n) is 3.08. The van der Waals surface area contributed by atoms with Crippen LogP contribution in [0.2, 0.25) is 5.15 Å². The fourth-order valence-electron chi connectivity index (χ4n) is 1.17. The molecule has 1 aromatic heterocycles. The summed E-state index contributed by atoms with van der Waals surface area (Å²) < 4.78 is 0.844. The first-order valence-corrected chi connectivity index (χ1v) is 7.30. The summed E-state index contributed by atoms with van der Waals surface area (Å²) in [6.07, 6.45) is 2.00. The van der Waals surface area contributed by atoms with Gasteiger partial charge in [-0.25, -0.2) is 9.97 Å². The molecule has 1 rings (SSSR count). The number of hydrogen-bond donors (Lipinski definition) is 0. The Bertz CT molecular complexity index is 333. The van der Waals surface area contributed by atoms with Gasteiger partial charge in [0, 0.05) is 0 Å². The molecular weight excluding hydrogens is 296 g/mol. The Kier molecular flexibility index (Phi) is 5.94. The zero-order valence-corrected chi connectivity index (χ0v) is 12.0. The maximum atomic E-state index is 6.03. The third kappa shape index (κ3) is 3.93. The van der Waals surface area contributed by atoms with E-state index in [1.165, 1.54) is 0 Å². The van der Waals surface area contributed by atoms with Crippen LogP contribution in [0.3, 0.4) is 0 Å². The molecule has 0 aliphatic rings. The van der Waals surface area contributed by atoms with Gasteiger partial charge in [-0.2, -0.15) is 11.8 Å². The van der Waals surface area contributed by atoms with Crippen molar-refractivity contribution in [3.63, 3.8) is 0 Å². The van der Waals surface area contributed by atoms with Crippen molar-refractivity contribution in [2.75, 3.05) is 5.75 Å². The minimum atomic E-state index is 0.528. The SMILES string of the molecule is CCCc1nc(CSCC)nc(Cl)c1Br. The van der Waals surface area contributed by atoms with E-state index in [2.05, 4.69) is 39.7 Å². The molecule has 84 valence electrons. The highest BCUT2D eigenvalue weighted by molar-refractivity contribution is 9.10. The average Bonchev–Trinajstić information content (AvgIpc) is 2.22. The van der Waals surface area contributed by atoms with Crippen molar-refractivity contribution in [1.29, 1.82) is 0 Å². The van der Waals surface area contributed by atoms with Crippen molar-refractivity contribution in [3.8, 4) is 0 Å². The highest BCUT2D eigenvalue weighted by Crippen LogP contribution is 2.25. The van der Waals surface area contributed by atoms with Crippen LogP contribution in [0.25, 0.3) is 0 Å². The van der Waals surface area contributed by atoms with E-state index >= 15 is 0 Å². The first-order chi connectivity index (χ1) is 7.19. The lowest BCUT2D eigenvalue weighted by Crippen LogP contribution is -2.00. The van der Waals surface area contributed by atoms with Crippen LogP contribution in [0.4, 0.5) is 0 Å². The highest BCUT2D eigenvalue weighted by atomic mass is 79.9. The molecule has 0 saturated carbocycles. The lowest BCUT2D eigenvalue weighted by molar-refractivity contribution is 0.846. The lowest BCUT2D eigenvalue weighted by atomic mass is 10.2. The van der Waals surface area contributed by atoms with Crippen molar-refractivity contribution < 1.29 is 0 Å². The number of hydrogen-bond acceptors (Lipinski definition) is 3. The Hall–Kier alpha value is 0.200. The standard InChI is InChI=1S/C10H14BrClN2S/c1-3-5-7-9(11)10(12)14-8(13-7)6-15-4-2/h3-6H2,1-2H3. The van der Waals surface area contributed by atoms with Gasteiger partial charge in [-0.3, -0.25) is 0 Å². The third-order valence-electron chi connectivity index (χ3n) is 1.85. The fraction of sp³-hybridized carbons (Fsp3) is 0.600. The molecule has 0 aromatic carbocycles. The first-order valence-electron chi connectivity index (χ1n) is 4.97. The van der Waals surface area contributed by atoms with Gasteiger partial charge in [-0.05, 0) is 28.1 Å². The molecular formula is C10H14BrClN2S. The number of halogens is 2. The highest BCUT2D eigenvalue weighted by Gasteiger charge is 2.09. The molecule has 0 saturated heterocycles. The first kappa shape index (κ1) is 13.3. The molecule has 2 nitrogen and oxygen atoms in total. The van der Waals surface area contributed by atoms with Gasteiger partial charge in [0.05, 0.1) is 15.9 Å². The topological polar surface area (TPSA) is 25.8 Å². The fourth-order valence-corrected chi connectivity index (χ4v) is 2.27. The molecule has 0 aliphatic carbocycles. The van der Waals surface area contributed by atoms with Crippen molar-refractivity contribution in [3.05, 3.63) is 21.1 Å². The van der Waals surface area contributed by atoms with Crippen LogP contribution >= 0.6 is 39.3 Å². The molecule has 15 heavy (non-hydrogen) atoms. The van der Waals surface area contributed by atoms with Crippen LogP contribution in [0.1, 0.15) is 31.8 Å². The summed E-state index contributed by atoms with van der Waals surface area (Å²) in [5.74, 6) is 2.74. The normalized spacial score (nSPS) is 10.7. The summed E-state index contributed by atoms with van der Waals surface area (Å²) in [6.45, 7) is 4.25. The van der Waals surface area contributed by atoms with Crippen molar-refractivity contribution in [2.24, 2.45) is 0 Å². The maximum absolute atomic E-state index is 6.03. The largest absolute Gasteiger partial charge is 0.236 e. The van der Waals surface area contributed by atoms with Gasteiger partial charge in [-0.1, -0.05) is 31.9 Å². The van der Waals surface area contributed by atoms with E-state index in [-0.39, 0.29) is 0 Å². The van der Waals surface area contributed by atoms with Gasteiger partial charge in [-0.15, -0.1) is 0 Å². The molecule has 0 spiro atoms. The average molecular weight is 310 g/mol. The summed E-state index contributed by atoms with van der Waals surface area (Å²) in [4.78, 5) is 8.74. The summed E-state index contributed by atoms with van der Waals surface area (Å²) in [7, 11) is 0. The molecule has 1 aromatic rings. The van der Waals surface area contributed by atoms with Crippen LogP contribution in [0, 0.1) is 0 Å². The monoisotopic (exact) mass is 308 g/mol. The molecule has 0 N–H and O–H groups in total. The van der Waals surface area contributed by atoms with Crippen LogP contribution in [-0.4, -0.2) is 15.7 Å². The molecule has 0 fully saturated rings. The number of thioether (sulfide) groups is 1. The van der Waals surface area contributed by atoms with Gasteiger partial charge in [0.2, 0.25) is 0 Å². The van der Waals surface area contributed by atoms with E-state index in [4.69, 9.17) is 11.6 Å². The number of rotatable bonds is 5. The van der Waals surface area contributed by atoms with Crippen molar-refractivity contribution >= 4 is 39.3 Å². The predicted octanol–water partition coefficient (Wildman–Crippen LogP) is 4.10. The summed E-state index contributed by atoms with van der Waals surface area (Å²) in [6, 6.07) is 0. The number of nitrogens with zero attached hydrogens (tertiary/aromatic N) is 2. The lowest BCUT2D eigenvalue weighted by Gasteiger charge is -2.06. The smallest absolute Gasteiger partial charge is 0.147 e. The summed E-state index contributed by atoms with van der Waals surface area (Å²) >= 11 is 11.2. The molecule has 0 aliphatic heterocycles. The zero-order valence-electron chi connectivity index (χ0n) is 8.89. The van der Waals surface area contributed by atoms with E-state index in [1.54, 1.807) is 11.8 Å². The molecule has 0 atom stereocenters. The summed E-state index contributed by atoms with van der Waals surface area (Å²) in [5, 5.41) is 0.528. The summed E-state index contributed by atoms with van der Waals surface area (Å²) in [5.41, 5.74) is 1.02. The van der Waals surface area contributed by atoms with Crippen LogP contribution in [-0.2, 0) is 12.2 Å². The molecule has 0 amide bonds. The Morgan fingerprint density at radius 3 is 2.67 bits per heavy atom. The van der Waals surface area contributed by atoms with Crippen molar-refractivity contribution in [1.82, 2.24) is 9.97 Å². The minimum Gasteiger partial charge on any atom is -0.236 e. The number of aromatic nitrogens is 2. The van der Waals surface area contributed by atoms with Gasteiger partial charge in [0.15, 0.2) is 0 Å². The van der Waals surface area contributed by atoms with Gasteiger partial charge < -0.3 is 0 Å². The Morgan fingerprint density at radius 1 is 1.33 bits per heavy atom. The van der Waals surface area contributed by atoms with E-state index in [0.717, 1.165) is 40.3 Å². The van der Waals surface area contributed by atoms with Crippen LogP contribution in [0.5, 0.6) is 0 Å². The van der Waals surface area contributed by atoms with Crippen LogP contribution < -0.4 is 0 Å². The Labute approximate surface area is 108 Å². The second kappa shape index (κ2) is 6.71. The zero-order chi connectivity index (χ0) is 11.3. The third-order valence-corrected chi connectivity index (χ3v) is 4.05. The number of aryl methyl sites for hydroxylation is 1. The van der Waals surface area contributed by atoms with Crippen LogP contribution in [0.15, 0.2) is 4.47 Å². The van der Waals surface area contributed by atoms with E-state index in [9.17, 15) is 0 Å². The van der Waals surface area contributed by atoms with E-state index in [1.807, 2.05) is 0 Å². The molecule has 5 heteroatoms. The second-order valence-corrected chi connectivity index (χ2v) is 5.50. The quantitative estimate of drug-likeness (QED) is 0.766. The van der Waals surface area contributed by atoms with E-state index in [0.29, 0.717) is 5.15 Å². The molecule has 0 radical (unpaired) electrons. The minimum absolute atomic E-state index is 0.528. The molecule has 0 unspecified atom stereocenters. The van der Waals surface area contributed by atoms with Crippen molar-refractivity contribution in [2.45, 2.75) is 32.4 Å². The maximum Gasteiger partial charge on any atom is 0.147 e. The Balaban J connectivity index is 2.90. The predicted molar refractivity (Wildman–Crippen MR) is 70.6 cm³/mol. The van der Waals surface area contributed by atoms with Gasteiger partial charge in [0.25, 0.3) is 0 Å². The molecule has 1 heterocycles. The Morgan fingerprint density at radius 2 is 2.07 bits per heavy atom. The van der Waals surface area contributed by atoms with Gasteiger partial charge in [0.1, 0.15) is 11.0 Å². The molecule has 0 bridgehead atoms. The van der Waals surface area contributed by atoms with E-state index < -0.39 is 0 Å².